The minimum absolute atomic E-state index is 0.826. The second-order valence-corrected chi connectivity index (χ2v) is 7.81. The molecule has 0 aliphatic rings. The molecule has 0 bridgehead atoms. The van der Waals surface area contributed by atoms with Crippen LogP contribution in [-0.2, 0) is 6.54 Å². The van der Waals surface area contributed by atoms with Crippen LogP contribution in [0.2, 0.25) is 0 Å². The summed E-state index contributed by atoms with van der Waals surface area (Å²) in [7, 11) is 4.18. The minimum atomic E-state index is 0.826. The van der Waals surface area contributed by atoms with Gasteiger partial charge in [0, 0.05) is 35.6 Å². The zero-order valence-electron chi connectivity index (χ0n) is 17.5. The summed E-state index contributed by atoms with van der Waals surface area (Å²) in [6.45, 7) is 4.82. The van der Waals surface area contributed by atoms with Crippen LogP contribution < -0.4 is 0 Å². The van der Waals surface area contributed by atoms with Crippen LogP contribution in [0.15, 0.2) is 65.7 Å². The summed E-state index contributed by atoms with van der Waals surface area (Å²) in [5.41, 5.74) is 5.73. The van der Waals surface area contributed by atoms with E-state index in [1.54, 1.807) is 0 Å². The van der Waals surface area contributed by atoms with Crippen LogP contribution in [-0.4, -0.2) is 47.9 Å². The molecule has 4 nitrogen and oxygen atoms in total. The summed E-state index contributed by atoms with van der Waals surface area (Å²) in [6.07, 6.45) is 2.98. The molecule has 0 saturated heterocycles. The smallest absolute Gasteiger partial charge is 0.0818 e. The summed E-state index contributed by atoms with van der Waals surface area (Å²) in [5.74, 6) is 0. The molecule has 4 aromatic rings. The average Bonchev–Trinajstić information content (AvgIpc) is 3.03. The zero-order chi connectivity index (χ0) is 20.2. The Kier molecular flexibility index (Phi) is 5.72. The lowest BCUT2D eigenvalue weighted by Crippen LogP contribution is -2.13. The third-order valence-corrected chi connectivity index (χ3v) is 5.24. The number of para-hydroxylation sites is 1. The third-order valence-electron chi connectivity index (χ3n) is 5.24. The summed E-state index contributed by atoms with van der Waals surface area (Å²) < 4.78 is 2.39. The number of fused-ring (bicyclic) bond motifs is 3. The lowest BCUT2D eigenvalue weighted by molar-refractivity contribution is 0.403. The van der Waals surface area contributed by atoms with Crippen molar-refractivity contribution in [1.29, 1.82) is 0 Å². The highest BCUT2D eigenvalue weighted by molar-refractivity contribution is 6.09. The molecule has 0 aliphatic carbocycles. The predicted octanol–water partition coefficient (Wildman–Crippen LogP) is 4.92. The van der Waals surface area contributed by atoms with Gasteiger partial charge in [0.25, 0.3) is 0 Å². The molecule has 0 unspecified atom stereocenters. The fraction of sp³-hybridized carbons (Fsp3) is 0.280. The van der Waals surface area contributed by atoms with Gasteiger partial charge in [-0.15, -0.1) is 0 Å². The Balaban J connectivity index is 1.74. The third kappa shape index (κ3) is 4.22. The van der Waals surface area contributed by atoms with E-state index < -0.39 is 0 Å². The highest BCUT2D eigenvalue weighted by atomic mass is 15.0. The van der Waals surface area contributed by atoms with Crippen LogP contribution in [0.5, 0.6) is 0 Å². The van der Waals surface area contributed by atoms with E-state index in [0.717, 1.165) is 37.4 Å². The quantitative estimate of drug-likeness (QED) is 0.335. The molecule has 0 saturated carbocycles. The molecule has 0 atom stereocenters. The molecule has 0 fully saturated rings. The Morgan fingerprint density at radius 2 is 1.76 bits per heavy atom. The number of benzene rings is 2. The first-order chi connectivity index (χ1) is 14.1. The maximum absolute atomic E-state index is 4.85. The van der Waals surface area contributed by atoms with Crippen molar-refractivity contribution in [1.82, 2.24) is 14.5 Å². The molecule has 2 aromatic heterocycles. The summed E-state index contributed by atoms with van der Waals surface area (Å²) in [5, 5.41) is 2.52. The van der Waals surface area contributed by atoms with Gasteiger partial charge in [0.15, 0.2) is 0 Å². The second kappa shape index (κ2) is 8.58. The first-order valence-corrected chi connectivity index (χ1v) is 10.2. The first kappa shape index (κ1) is 19.3. The molecule has 148 valence electrons. The molecule has 0 aliphatic heterocycles. The normalized spacial score (nSPS) is 12.0. The van der Waals surface area contributed by atoms with Crippen LogP contribution in [0, 0.1) is 6.92 Å². The number of aryl methyl sites for hydroxylation is 1. The summed E-state index contributed by atoms with van der Waals surface area (Å²) in [6, 6.07) is 21.4. The van der Waals surface area contributed by atoms with Gasteiger partial charge in [0.05, 0.1) is 16.9 Å². The molecule has 0 spiro atoms. The molecule has 2 heterocycles. The van der Waals surface area contributed by atoms with Crippen molar-refractivity contribution < 1.29 is 0 Å². The molecule has 0 radical (unpaired) electrons. The number of aliphatic imine (C=N–C) groups is 1. The number of hydrogen-bond acceptors (Lipinski definition) is 3. The molecular weight excluding hydrogens is 356 g/mol. The standard InChI is InChI=1S/C25H28N4/c1-19-25-23(16-21(27-19)17-26-14-9-15-28(2)3)22-12-7-8-13-24(22)29(25)18-20-10-5-4-6-11-20/h4-8,10-13,16-17H,9,14-15,18H2,1-3H3. The Hall–Kier alpha value is -2.98. The van der Waals surface area contributed by atoms with Crippen LogP contribution in [0.3, 0.4) is 0 Å². The zero-order valence-corrected chi connectivity index (χ0v) is 17.5. The highest BCUT2D eigenvalue weighted by Crippen LogP contribution is 2.31. The van der Waals surface area contributed by atoms with E-state index >= 15 is 0 Å². The Morgan fingerprint density at radius 3 is 2.55 bits per heavy atom. The SMILES string of the molecule is Cc1nc(C=NCCCN(C)C)cc2c3ccccc3n(Cc3ccccc3)c12. The molecule has 4 rings (SSSR count). The minimum Gasteiger partial charge on any atom is -0.334 e. The number of hydrogen-bond donors (Lipinski definition) is 0. The van der Waals surface area contributed by atoms with E-state index in [4.69, 9.17) is 4.98 Å². The fourth-order valence-electron chi connectivity index (χ4n) is 3.93. The van der Waals surface area contributed by atoms with E-state index in [0.29, 0.717) is 0 Å². The summed E-state index contributed by atoms with van der Waals surface area (Å²) >= 11 is 0. The van der Waals surface area contributed by atoms with Crippen molar-refractivity contribution in [3.8, 4) is 0 Å². The fourth-order valence-corrected chi connectivity index (χ4v) is 3.93. The topological polar surface area (TPSA) is 33.4 Å². The van der Waals surface area contributed by atoms with Gasteiger partial charge < -0.3 is 9.47 Å². The highest BCUT2D eigenvalue weighted by Gasteiger charge is 2.14. The Bertz CT molecular complexity index is 1140. The van der Waals surface area contributed by atoms with Gasteiger partial charge in [-0.2, -0.15) is 0 Å². The van der Waals surface area contributed by atoms with Gasteiger partial charge >= 0.3 is 0 Å². The van der Waals surface area contributed by atoms with E-state index in [-0.39, 0.29) is 0 Å². The van der Waals surface area contributed by atoms with Gasteiger partial charge in [-0.3, -0.25) is 4.99 Å². The largest absolute Gasteiger partial charge is 0.334 e. The molecule has 2 aromatic carbocycles. The predicted molar refractivity (Wildman–Crippen MR) is 123 cm³/mol. The summed E-state index contributed by atoms with van der Waals surface area (Å²) in [4.78, 5) is 11.6. The van der Waals surface area contributed by atoms with Gasteiger partial charge in [-0.1, -0.05) is 48.5 Å². The van der Waals surface area contributed by atoms with Crippen molar-refractivity contribution in [3.63, 3.8) is 0 Å². The van der Waals surface area contributed by atoms with Crippen molar-refractivity contribution in [2.24, 2.45) is 4.99 Å². The van der Waals surface area contributed by atoms with Crippen LogP contribution >= 0.6 is 0 Å². The van der Waals surface area contributed by atoms with E-state index in [2.05, 4.69) is 96.1 Å². The van der Waals surface area contributed by atoms with Crippen molar-refractivity contribution >= 4 is 28.0 Å². The molecule has 0 amide bonds. The lowest BCUT2D eigenvalue weighted by atomic mass is 10.1. The monoisotopic (exact) mass is 384 g/mol. The molecule has 29 heavy (non-hydrogen) atoms. The maximum Gasteiger partial charge on any atom is 0.0818 e. The van der Waals surface area contributed by atoms with Crippen LogP contribution in [0.1, 0.15) is 23.4 Å². The maximum atomic E-state index is 4.85. The van der Waals surface area contributed by atoms with Gasteiger partial charge in [-0.25, -0.2) is 4.98 Å². The van der Waals surface area contributed by atoms with Crippen molar-refractivity contribution in [2.75, 3.05) is 27.2 Å². The Labute approximate surface area is 172 Å². The molecular formula is C25H28N4. The number of aromatic nitrogens is 2. The van der Waals surface area contributed by atoms with Crippen LogP contribution in [0.25, 0.3) is 21.8 Å². The van der Waals surface area contributed by atoms with E-state index in [9.17, 15) is 0 Å². The van der Waals surface area contributed by atoms with Gasteiger partial charge in [0.2, 0.25) is 0 Å². The van der Waals surface area contributed by atoms with Gasteiger partial charge in [-0.05, 0) is 51.7 Å². The van der Waals surface area contributed by atoms with Crippen molar-refractivity contribution in [2.45, 2.75) is 19.9 Å². The number of pyridine rings is 1. The van der Waals surface area contributed by atoms with Gasteiger partial charge in [0.1, 0.15) is 0 Å². The lowest BCUT2D eigenvalue weighted by Gasteiger charge is -2.09. The number of nitrogens with zero attached hydrogens (tertiary/aromatic N) is 4. The van der Waals surface area contributed by atoms with Crippen LogP contribution in [0.4, 0.5) is 0 Å². The molecule has 0 N–H and O–H groups in total. The average molecular weight is 385 g/mol. The second-order valence-electron chi connectivity index (χ2n) is 7.81. The van der Waals surface area contributed by atoms with E-state index in [1.165, 1.54) is 27.4 Å². The van der Waals surface area contributed by atoms with E-state index in [1.807, 2.05) is 6.21 Å². The number of rotatable bonds is 7. The molecule has 4 heteroatoms. The van der Waals surface area contributed by atoms with Crippen molar-refractivity contribution in [3.05, 3.63) is 77.6 Å². The first-order valence-electron chi connectivity index (χ1n) is 10.2. The Morgan fingerprint density at radius 1 is 1.00 bits per heavy atom.